The summed E-state index contributed by atoms with van der Waals surface area (Å²) in [6.07, 6.45) is 2.17. The van der Waals surface area contributed by atoms with Crippen molar-refractivity contribution in [3.63, 3.8) is 0 Å². The minimum Gasteiger partial charge on any atom is -0.311 e. The van der Waals surface area contributed by atoms with Gasteiger partial charge in [-0.3, -0.25) is 9.36 Å². The van der Waals surface area contributed by atoms with Crippen molar-refractivity contribution in [3.8, 4) is 0 Å². The highest BCUT2D eigenvalue weighted by Gasteiger charge is 2.25. The molecule has 1 saturated carbocycles. The molecule has 0 unspecified atom stereocenters. The summed E-state index contributed by atoms with van der Waals surface area (Å²) in [5.74, 6) is 0.414. The van der Waals surface area contributed by atoms with Gasteiger partial charge >= 0.3 is 5.69 Å². The lowest BCUT2D eigenvalue weighted by Crippen LogP contribution is -2.36. The highest BCUT2D eigenvalue weighted by molar-refractivity contribution is 5.12. The van der Waals surface area contributed by atoms with Crippen LogP contribution < -0.4 is 11.2 Å². The standard InChI is InChI=1S/C10H14N2O2/c1-6(2)12-9(13)5-8(7-3-4-7)11-10(12)14/h5-7H,3-4H2,1-2H3,(H,11,14). The Hall–Kier alpha value is -1.32. The molecular weight excluding hydrogens is 180 g/mol. The van der Waals surface area contributed by atoms with Crippen molar-refractivity contribution in [1.29, 1.82) is 0 Å². The van der Waals surface area contributed by atoms with Crippen LogP contribution in [0.2, 0.25) is 0 Å². The Bertz CT molecular complexity index is 421. The smallest absolute Gasteiger partial charge is 0.311 e. The van der Waals surface area contributed by atoms with Crippen molar-refractivity contribution in [2.75, 3.05) is 0 Å². The van der Waals surface area contributed by atoms with Gasteiger partial charge in [-0.1, -0.05) is 0 Å². The number of aromatic amines is 1. The summed E-state index contributed by atoms with van der Waals surface area (Å²) in [5.41, 5.74) is 0.331. The summed E-state index contributed by atoms with van der Waals surface area (Å²) < 4.78 is 1.24. The van der Waals surface area contributed by atoms with Crippen LogP contribution in [-0.4, -0.2) is 9.55 Å². The molecule has 4 heteroatoms. The van der Waals surface area contributed by atoms with Gasteiger partial charge in [-0.05, 0) is 32.6 Å². The lowest BCUT2D eigenvalue weighted by atomic mass is 10.3. The molecule has 2 rings (SSSR count). The highest BCUT2D eigenvalue weighted by atomic mass is 16.2. The van der Waals surface area contributed by atoms with Crippen LogP contribution in [0.1, 0.15) is 44.3 Å². The molecule has 0 spiro atoms. The van der Waals surface area contributed by atoms with E-state index in [4.69, 9.17) is 0 Å². The second kappa shape index (κ2) is 3.12. The third-order valence-electron chi connectivity index (χ3n) is 2.52. The molecule has 1 heterocycles. The van der Waals surface area contributed by atoms with Crippen LogP contribution in [0.4, 0.5) is 0 Å². The molecule has 4 nitrogen and oxygen atoms in total. The van der Waals surface area contributed by atoms with Gasteiger partial charge < -0.3 is 4.98 Å². The van der Waals surface area contributed by atoms with E-state index in [1.165, 1.54) is 4.57 Å². The molecule has 0 saturated heterocycles. The summed E-state index contributed by atoms with van der Waals surface area (Å²) in [7, 11) is 0. The van der Waals surface area contributed by atoms with Crippen molar-refractivity contribution in [2.45, 2.75) is 38.6 Å². The first-order chi connectivity index (χ1) is 6.59. The minimum absolute atomic E-state index is 0.0838. The third-order valence-corrected chi connectivity index (χ3v) is 2.52. The van der Waals surface area contributed by atoms with Crippen molar-refractivity contribution in [1.82, 2.24) is 9.55 Å². The first kappa shape index (κ1) is 9.24. The SMILES string of the molecule is CC(C)n1c(=O)cc(C2CC2)[nH]c1=O. The van der Waals surface area contributed by atoms with Gasteiger partial charge in [0.2, 0.25) is 0 Å². The Kier molecular flexibility index (Phi) is 2.06. The van der Waals surface area contributed by atoms with E-state index in [0.29, 0.717) is 5.92 Å². The molecule has 1 aliphatic carbocycles. The van der Waals surface area contributed by atoms with Gasteiger partial charge in [0.15, 0.2) is 0 Å². The molecule has 0 bridgehead atoms. The Balaban J connectivity index is 2.55. The van der Waals surface area contributed by atoms with Crippen LogP contribution in [0.15, 0.2) is 15.7 Å². The summed E-state index contributed by atoms with van der Waals surface area (Å²) in [5, 5.41) is 0. The highest BCUT2D eigenvalue weighted by Crippen LogP contribution is 2.37. The number of aromatic nitrogens is 2. The molecular formula is C10H14N2O2. The quantitative estimate of drug-likeness (QED) is 0.763. The number of nitrogens with zero attached hydrogens (tertiary/aromatic N) is 1. The summed E-state index contributed by atoms with van der Waals surface area (Å²) >= 11 is 0. The Morgan fingerprint density at radius 2 is 2.07 bits per heavy atom. The third kappa shape index (κ3) is 1.52. The van der Waals surface area contributed by atoms with E-state index in [9.17, 15) is 9.59 Å². The number of hydrogen-bond acceptors (Lipinski definition) is 2. The second-order valence-electron chi connectivity index (χ2n) is 4.11. The second-order valence-corrected chi connectivity index (χ2v) is 4.11. The number of H-pyrrole nitrogens is 1. The maximum atomic E-state index is 11.6. The van der Waals surface area contributed by atoms with Crippen molar-refractivity contribution >= 4 is 0 Å². The van der Waals surface area contributed by atoms with Crippen LogP contribution in [0, 0.1) is 0 Å². The van der Waals surface area contributed by atoms with Crippen LogP contribution in [0.3, 0.4) is 0 Å². The number of nitrogens with one attached hydrogen (secondary N) is 1. The zero-order valence-corrected chi connectivity index (χ0v) is 8.41. The Morgan fingerprint density at radius 1 is 1.43 bits per heavy atom. The summed E-state index contributed by atoms with van der Waals surface area (Å²) in [4.78, 5) is 25.9. The minimum atomic E-state index is -0.283. The van der Waals surface area contributed by atoms with Crippen LogP contribution in [0.5, 0.6) is 0 Å². The maximum Gasteiger partial charge on any atom is 0.328 e. The van der Waals surface area contributed by atoms with Gasteiger partial charge in [0, 0.05) is 17.8 Å². The predicted octanol–water partition coefficient (Wildman–Crippen LogP) is 0.995. The van der Waals surface area contributed by atoms with Gasteiger partial charge in [-0.2, -0.15) is 0 Å². The molecule has 1 N–H and O–H groups in total. The van der Waals surface area contributed by atoms with Crippen molar-refractivity contribution < 1.29 is 0 Å². The van der Waals surface area contributed by atoms with E-state index in [-0.39, 0.29) is 17.3 Å². The van der Waals surface area contributed by atoms with E-state index < -0.39 is 0 Å². The maximum absolute atomic E-state index is 11.6. The van der Waals surface area contributed by atoms with E-state index in [0.717, 1.165) is 18.5 Å². The lowest BCUT2D eigenvalue weighted by Gasteiger charge is -2.08. The Morgan fingerprint density at radius 3 is 2.50 bits per heavy atom. The molecule has 0 aliphatic heterocycles. The normalized spacial score (nSPS) is 16.2. The first-order valence-corrected chi connectivity index (χ1v) is 4.95. The van der Waals surface area contributed by atoms with Crippen LogP contribution in [-0.2, 0) is 0 Å². The molecule has 1 aromatic heterocycles. The fraction of sp³-hybridized carbons (Fsp3) is 0.600. The molecule has 0 aromatic carbocycles. The number of rotatable bonds is 2. The molecule has 1 aromatic rings. The van der Waals surface area contributed by atoms with E-state index in [1.807, 2.05) is 13.8 Å². The average Bonchev–Trinajstić information content (AvgIpc) is 2.83. The van der Waals surface area contributed by atoms with Crippen molar-refractivity contribution in [3.05, 3.63) is 32.6 Å². The molecule has 0 atom stereocenters. The van der Waals surface area contributed by atoms with Gasteiger partial charge in [0.1, 0.15) is 0 Å². The molecule has 14 heavy (non-hydrogen) atoms. The monoisotopic (exact) mass is 194 g/mol. The fourth-order valence-electron chi connectivity index (χ4n) is 1.63. The zero-order chi connectivity index (χ0) is 10.3. The van der Waals surface area contributed by atoms with Gasteiger partial charge in [-0.25, -0.2) is 4.79 Å². The zero-order valence-electron chi connectivity index (χ0n) is 8.41. The summed E-state index contributed by atoms with van der Waals surface area (Å²) in [6, 6.07) is 1.47. The van der Waals surface area contributed by atoms with Gasteiger partial charge in [-0.15, -0.1) is 0 Å². The molecule has 76 valence electrons. The molecule has 0 amide bonds. The van der Waals surface area contributed by atoms with Crippen molar-refractivity contribution in [2.24, 2.45) is 0 Å². The van der Waals surface area contributed by atoms with Gasteiger partial charge in [0.05, 0.1) is 0 Å². The first-order valence-electron chi connectivity index (χ1n) is 4.95. The number of hydrogen-bond donors (Lipinski definition) is 1. The molecule has 0 radical (unpaired) electrons. The molecule has 1 fully saturated rings. The average molecular weight is 194 g/mol. The largest absolute Gasteiger partial charge is 0.328 e. The van der Waals surface area contributed by atoms with Crippen LogP contribution >= 0.6 is 0 Å². The van der Waals surface area contributed by atoms with E-state index >= 15 is 0 Å². The van der Waals surface area contributed by atoms with E-state index in [2.05, 4.69) is 4.98 Å². The van der Waals surface area contributed by atoms with Crippen LogP contribution in [0.25, 0.3) is 0 Å². The Labute approximate surface area is 81.6 Å². The van der Waals surface area contributed by atoms with Gasteiger partial charge in [0.25, 0.3) is 5.56 Å². The fourth-order valence-corrected chi connectivity index (χ4v) is 1.63. The summed E-state index contributed by atoms with van der Waals surface area (Å²) in [6.45, 7) is 3.65. The topological polar surface area (TPSA) is 54.9 Å². The molecule has 1 aliphatic rings. The van der Waals surface area contributed by atoms with E-state index in [1.54, 1.807) is 6.07 Å². The lowest BCUT2D eigenvalue weighted by molar-refractivity contribution is 0.542. The predicted molar refractivity (Wildman–Crippen MR) is 53.7 cm³/mol.